The van der Waals surface area contributed by atoms with E-state index in [4.69, 9.17) is 0 Å². The Hall–Kier alpha value is -0.550. The third-order valence-electron chi connectivity index (χ3n) is 3.54. The molecule has 1 aromatic rings. The van der Waals surface area contributed by atoms with Crippen molar-refractivity contribution in [2.75, 3.05) is 11.1 Å². The van der Waals surface area contributed by atoms with E-state index in [1.165, 1.54) is 25.7 Å². The zero-order chi connectivity index (χ0) is 13.0. The van der Waals surface area contributed by atoms with Gasteiger partial charge in [0.15, 0.2) is 0 Å². The van der Waals surface area contributed by atoms with Crippen LogP contribution in [-0.4, -0.2) is 16.0 Å². The van der Waals surface area contributed by atoms with Crippen molar-refractivity contribution in [1.29, 1.82) is 0 Å². The molecule has 0 heterocycles. The standard InChI is InChI=1S/C13H16BrNO2S/c14-9-13(7-1-2-8-13)10-18-12-5-3-11(4-6-12)15(16)17/h3-6H,1-2,7-10H2. The maximum atomic E-state index is 10.6. The Morgan fingerprint density at radius 1 is 1.28 bits per heavy atom. The number of alkyl halides is 1. The van der Waals surface area contributed by atoms with Gasteiger partial charge in [0.2, 0.25) is 0 Å². The quantitative estimate of drug-likeness (QED) is 0.342. The fraction of sp³-hybridized carbons (Fsp3) is 0.538. The molecule has 0 radical (unpaired) electrons. The smallest absolute Gasteiger partial charge is 0.258 e. The van der Waals surface area contributed by atoms with Crippen LogP contribution in [0.3, 0.4) is 0 Å². The molecule has 1 saturated carbocycles. The molecule has 2 rings (SSSR count). The number of nitro benzene ring substituents is 1. The van der Waals surface area contributed by atoms with E-state index in [9.17, 15) is 10.1 Å². The monoisotopic (exact) mass is 329 g/mol. The van der Waals surface area contributed by atoms with Gasteiger partial charge in [0.05, 0.1) is 4.92 Å². The Morgan fingerprint density at radius 2 is 1.89 bits per heavy atom. The summed E-state index contributed by atoms with van der Waals surface area (Å²) in [5.74, 6) is 1.09. The lowest BCUT2D eigenvalue weighted by molar-refractivity contribution is -0.384. The van der Waals surface area contributed by atoms with E-state index in [2.05, 4.69) is 15.9 Å². The lowest BCUT2D eigenvalue weighted by Crippen LogP contribution is -2.21. The molecule has 1 fully saturated rings. The molecule has 0 aromatic heterocycles. The van der Waals surface area contributed by atoms with Crippen LogP contribution in [0.5, 0.6) is 0 Å². The average molecular weight is 330 g/mol. The van der Waals surface area contributed by atoms with Gasteiger partial charge in [0.1, 0.15) is 0 Å². The van der Waals surface area contributed by atoms with Crippen molar-refractivity contribution in [1.82, 2.24) is 0 Å². The van der Waals surface area contributed by atoms with Crippen molar-refractivity contribution in [2.45, 2.75) is 30.6 Å². The van der Waals surface area contributed by atoms with Gasteiger partial charge in [-0.05, 0) is 30.4 Å². The molecule has 1 aromatic carbocycles. The van der Waals surface area contributed by atoms with Gasteiger partial charge in [-0.15, -0.1) is 11.8 Å². The van der Waals surface area contributed by atoms with Gasteiger partial charge in [-0.1, -0.05) is 28.8 Å². The maximum absolute atomic E-state index is 10.6. The first-order valence-corrected chi connectivity index (χ1v) is 8.19. The summed E-state index contributed by atoms with van der Waals surface area (Å²) in [5, 5.41) is 11.6. The molecular weight excluding hydrogens is 314 g/mol. The molecule has 1 aliphatic carbocycles. The molecule has 5 heteroatoms. The molecule has 0 atom stereocenters. The van der Waals surface area contributed by atoms with Crippen LogP contribution in [0.4, 0.5) is 5.69 Å². The minimum absolute atomic E-state index is 0.162. The van der Waals surface area contributed by atoms with Crippen LogP contribution in [-0.2, 0) is 0 Å². The van der Waals surface area contributed by atoms with E-state index in [0.717, 1.165) is 16.0 Å². The van der Waals surface area contributed by atoms with E-state index in [-0.39, 0.29) is 10.6 Å². The molecule has 1 aliphatic rings. The summed E-state index contributed by atoms with van der Waals surface area (Å²) in [4.78, 5) is 11.3. The molecule has 3 nitrogen and oxygen atoms in total. The number of halogens is 1. The highest BCUT2D eigenvalue weighted by molar-refractivity contribution is 9.09. The molecule has 0 N–H and O–H groups in total. The third kappa shape index (κ3) is 3.26. The van der Waals surface area contributed by atoms with E-state index in [0.29, 0.717) is 5.41 Å². The molecule has 0 bridgehead atoms. The number of thioether (sulfide) groups is 1. The largest absolute Gasteiger partial charge is 0.269 e. The number of benzene rings is 1. The fourth-order valence-corrected chi connectivity index (χ4v) is 4.56. The molecule has 0 saturated heterocycles. The predicted octanol–water partition coefficient (Wildman–Crippen LogP) is 4.64. The topological polar surface area (TPSA) is 43.1 Å². The normalized spacial score (nSPS) is 17.8. The maximum Gasteiger partial charge on any atom is 0.269 e. The lowest BCUT2D eigenvalue weighted by atomic mass is 9.92. The highest BCUT2D eigenvalue weighted by atomic mass is 79.9. The van der Waals surface area contributed by atoms with Gasteiger partial charge in [0, 0.05) is 28.1 Å². The first-order valence-electron chi connectivity index (χ1n) is 6.08. The van der Waals surface area contributed by atoms with Gasteiger partial charge >= 0.3 is 0 Å². The summed E-state index contributed by atoms with van der Waals surface area (Å²) in [6.07, 6.45) is 5.23. The number of hydrogen-bond donors (Lipinski definition) is 0. The molecule has 0 amide bonds. The van der Waals surface area contributed by atoms with Crippen LogP contribution in [0.2, 0.25) is 0 Å². The van der Waals surface area contributed by atoms with Crippen LogP contribution in [0.1, 0.15) is 25.7 Å². The van der Waals surface area contributed by atoms with Crippen molar-refractivity contribution in [3.8, 4) is 0 Å². The summed E-state index contributed by atoms with van der Waals surface area (Å²) in [7, 11) is 0. The SMILES string of the molecule is O=[N+]([O-])c1ccc(SCC2(CBr)CCCC2)cc1. The van der Waals surface area contributed by atoms with E-state index in [1.54, 1.807) is 12.1 Å². The Balaban J connectivity index is 1.95. The van der Waals surface area contributed by atoms with Crippen LogP contribution in [0.15, 0.2) is 29.2 Å². The zero-order valence-electron chi connectivity index (χ0n) is 10.1. The Bertz CT molecular complexity index is 416. The second-order valence-electron chi connectivity index (χ2n) is 4.88. The van der Waals surface area contributed by atoms with Crippen LogP contribution < -0.4 is 0 Å². The fourth-order valence-electron chi connectivity index (χ4n) is 2.34. The van der Waals surface area contributed by atoms with Gasteiger partial charge in [-0.3, -0.25) is 10.1 Å². The van der Waals surface area contributed by atoms with Crippen molar-refractivity contribution >= 4 is 33.4 Å². The molecule has 0 unspecified atom stereocenters. The number of nitrogens with zero attached hydrogens (tertiary/aromatic N) is 1. The van der Waals surface area contributed by atoms with Crippen LogP contribution >= 0.6 is 27.7 Å². The van der Waals surface area contributed by atoms with Crippen LogP contribution in [0.25, 0.3) is 0 Å². The summed E-state index contributed by atoms with van der Waals surface area (Å²) in [6, 6.07) is 6.86. The predicted molar refractivity (Wildman–Crippen MR) is 78.5 cm³/mol. The summed E-state index contributed by atoms with van der Waals surface area (Å²) in [5.41, 5.74) is 0.585. The highest BCUT2D eigenvalue weighted by Gasteiger charge is 2.32. The van der Waals surface area contributed by atoms with Gasteiger partial charge in [-0.25, -0.2) is 0 Å². The number of nitro groups is 1. The summed E-state index contributed by atoms with van der Waals surface area (Å²) in [6.45, 7) is 0. The first kappa shape index (κ1) is 13.9. The van der Waals surface area contributed by atoms with E-state index < -0.39 is 0 Å². The Morgan fingerprint density at radius 3 is 2.39 bits per heavy atom. The lowest BCUT2D eigenvalue weighted by Gasteiger charge is -2.25. The number of non-ortho nitro benzene ring substituents is 1. The minimum atomic E-state index is -0.356. The Kier molecular flexibility index (Phi) is 4.67. The van der Waals surface area contributed by atoms with Crippen molar-refractivity contribution < 1.29 is 4.92 Å². The van der Waals surface area contributed by atoms with Crippen molar-refractivity contribution in [2.24, 2.45) is 5.41 Å². The summed E-state index contributed by atoms with van der Waals surface area (Å²) >= 11 is 5.44. The minimum Gasteiger partial charge on any atom is -0.258 e. The van der Waals surface area contributed by atoms with Crippen molar-refractivity contribution in [3.05, 3.63) is 34.4 Å². The average Bonchev–Trinajstić information content (AvgIpc) is 2.86. The van der Waals surface area contributed by atoms with E-state index >= 15 is 0 Å². The second kappa shape index (κ2) is 6.06. The summed E-state index contributed by atoms with van der Waals surface area (Å²) < 4.78 is 0. The molecule has 0 aliphatic heterocycles. The zero-order valence-corrected chi connectivity index (χ0v) is 12.5. The second-order valence-corrected chi connectivity index (χ2v) is 6.49. The molecule has 0 spiro atoms. The first-order chi connectivity index (χ1) is 8.65. The van der Waals surface area contributed by atoms with Crippen molar-refractivity contribution in [3.63, 3.8) is 0 Å². The van der Waals surface area contributed by atoms with Gasteiger partial charge in [0.25, 0.3) is 5.69 Å². The van der Waals surface area contributed by atoms with Gasteiger partial charge in [-0.2, -0.15) is 0 Å². The van der Waals surface area contributed by atoms with Gasteiger partial charge < -0.3 is 0 Å². The number of hydrogen-bond acceptors (Lipinski definition) is 3. The number of rotatable bonds is 5. The third-order valence-corrected chi connectivity index (χ3v) is 6.09. The van der Waals surface area contributed by atoms with E-state index in [1.807, 2.05) is 23.9 Å². The molecular formula is C13H16BrNO2S. The molecule has 98 valence electrons. The molecule has 18 heavy (non-hydrogen) atoms. The Labute approximate surface area is 120 Å². The van der Waals surface area contributed by atoms with Crippen LogP contribution in [0, 0.1) is 15.5 Å². The highest BCUT2D eigenvalue weighted by Crippen LogP contribution is 2.43.